The molecule has 2 aromatic heterocycles. The van der Waals surface area contributed by atoms with Crippen molar-refractivity contribution in [3.8, 4) is 0 Å². The minimum atomic E-state index is -0.0673. The van der Waals surface area contributed by atoms with Crippen LogP contribution >= 0.6 is 11.6 Å². The van der Waals surface area contributed by atoms with E-state index in [2.05, 4.69) is 4.98 Å². The number of aromatic nitrogens is 2. The Morgan fingerprint density at radius 3 is 3.08 bits per heavy atom. The van der Waals surface area contributed by atoms with E-state index in [1.165, 1.54) is 6.92 Å². The first-order valence-corrected chi connectivity index (χ1v) is 4.20. The summed E-state index contributed by atoms with van der Waals surface area (Å²) < 4.78 is 1.69. The van der Waals surface area contributed by atoms with Crippen LogP contribution in [0.5, 0.6) is 0 Å². The average Bonchev–Trinajstić information content (AvgIpc) is 2.48. The number of carbonyl (C=O) groups is 1. The van der Waals surface area contributed by atoms with Crippen LogP contribution in [0.2, 0.25) is 5.02 Å². The predicted octanol–water partition coefficient (Wildman–Crippen LogP) is 2.19. The fraction of sp³-hybridized carbons (Fsp3) is 0.111. The van der Waals surface area contributed by atoms with Crippen molar-refractivity contribution in [3.63, 3.8) is 0 Å². The normalized spacial score (nSPS) is 10.6. The van der Waals surface area contributed by atoms with Crippen LogP contribution in [-0.4, -0.2) is 15.2 Å². The van der Waals surface area contributed by atoms with E-state index in [4.69, 9.17) is 11.6 Å². The molecular formula is C9H7ClN2O. The Labute approximate surface area is 80.0 Å². The summed E-state index contributed by atoms with van der Waals surface area (Å²) in [5.74, 6) is 0.347. The zero-order valence-electron chi connectivity index (χ0n) is 6.99. The van der Waals surface area contributed by atoms with Crippen molar-refractivity contribution in [2.24, 2.45) is 0 Å². The molecule has 0 N–H and O–H groups in total. The Kier molecular flexibility index (Phi) is 1.81. The number of halogens is 1. The highest BCUT2D eigenvalue weighted by atomic mass is 35.5. The molecule has 13 heavy (non-hydrogen) atoms. The Hall–Kier alpha value is -1.35. The second-order valence-electron chi connectivity index (χ2n) is 2.75. The summed E-state index contributed by atoms with van der Waals surface area (Å²) in [6.45, 7) is 1.48. The fourth-order valence-electron chi connectivity index (χ4n) is 1.25. The molecule has 0 aliphatic carbocycles. The van der Waals surface area contributed by atoms with Crippen molar-refractivity contribution in [3.05, 3.63) is 35.4 Å². The molecule has 0 unspecified atom stereocenters. The molecular weight excluding hydrogens is 188 g/mol. The molecule has 3 nitrogen and oxygen atoms in total. The third kappa shape index (κ3) is 1.21. The number of carbonyl (C=O) groups excluding carboxylic acids is 1. The van der Waals surface area contributed by atoms with Gasteiger partial charge in [0.15, 0.2) is 11.6 Å². The second-order valence-corrected chi connectivity index (χ2v) is 3.16. The molecule has 0 fully saturated rings. The van der Waals surface area contributed by atoms with Crippen molar-refractivity contribution in [1.29, 1.82) is 0 Å². The highest BCUT2D eigenvalue weighted by molar-refractivity contribution is 6.33. The quantitative estimate of drug-likeness (QED) is 0.653. The fourth-order valence-corrected chi connectivity index (χ4v) is 1.46. The van der Waals surface area contributed by atoms with Gasteiger partial charge in [0.25, 0.3) is 0 Å². The molecule has 2 heterocycles. The van der Waals surface area contributed by atoms with E-state index in [-0.39, 0.29) is 5.78 Å². The highest BCUT2D eigenvalue weighted by Crippen LogP contribution is 2.17. The minimum Gasteiger partial charge on any atom is -0.296 e. The van der Waals surface area contributed by atoms with Crippen LogP contribution in [0, 0.1) is 0 Å². The average molecular weight is 195 g/mol. The SMILES string of the molecule is CC(=O)c1ncc2c(Cl)cccn12. The van der Waals surface area contributed by atoms with Crippen molar-refractivity contribution in [2.45, 2.75) is 6.92 Å². The lowest BCUT2D eigenvalue weighted by atomic mass is 10.4. The van der Waals surface area contributed by atoms with Crippen LogP contribution in [0.15, 0.2) is 24.5 Å². The number of fused-ring (bicyclic) bond motifs is 1. The summed E-state index contributed by atoms with van der Waals surface area (Å²) in [6.07, 6.45) is 3.37. The maximum Gasteiger partial charge on any atom is 0.195 e. The lowest BCUT2D eigenvalue weighted by Crippen LogP contribution is -1.99. The van der Waals surface area contributed by atoms with Crippen LogP contribution in [0.3, 0.4) is 0 Å². The van der Waals surface area contributed by atoms with E-state index in [0.717, 1.165) is 5.52 Å². The van der Waals surface area contributed by atoms with Crippen LogP contribution < -0.4 is 0 Å². The number of rotatable bonds is 1. The summed E-state index contributed by atoms with van der Waals surface area (Å²) in [5, 5.41) is 0.600. The van der Waals surface area contributed by atoms with Crippen molar-refractivity contribution < 1.29 is 4.79 Å². The summed E-state index contributed by atoms with van der Waals surface area (Å²) in [7, 11) is 0. The number of hydrogen-bond acceptors (Lipinski definition) is 2. The molecule has 2 aromatic rings. The Morgan fingerprint density at radius 1 is 1.62 bits per heavy atom. The third-order valence-electron chi connectivity index (χ3n) is 1.83. The predicted molar refractivity (Wildman–Crippen MR) is 50.2 cm³/mol. The Bertz CT molecular complexity index is 475. The number of ketones is 1. The zero-order chi connectivity index (χ0) is 9.42. The van der Waals surface area contributed by atoms with Crippen molar-refractivity contribution in [2.75, 3.05) is 0 Å². The van der Waals surface area contributed by atoms with Gasteiger partial charge in [-0.1, -0.05) is 11.6 Å². The molecule has 0 saturated heterocycles. The molecule has 0 spiro atoms. The van der Waals surface area contributed by atoms with Crippen molar-refractivity contribution >= 4 is 22.9 Å². The molecule has 2 rings (SSSR count). The van der Waals surface area contributed by atoms with Crippen LogP contribution in [0.1, 0.15) is 17.5 Å². The number of nitrogens with zero attached hydrogens (tertiary/aromatic N) is 2. The van der Waals surface area contributed by atoms with Gasteiger partial charge < -0.3 is 0 Å². The molecule has 0 bridgehead atoms. The molecule has 0 aliphatic rings. The van der Waals surface area contributed by atoms with E-state index in [1.807, 2.05) is 0 Å². The molecule has 0 saturated carbocycles. The maximum atomic E-state index is 11.1. The lowest BCUT2D eigenvalue weighted by Gasteiger charge is -1.97. The van der Waals surface area contributed by atoms with Crippen LogP contribution in [0.25, 0.3) is 5.52 Å². The van der Waals surface area contributed by atoms with Gasteiger partial charge in [-0.25, -0.2) is 4.98 Å². The van der Waals surface area contributed by atoms with Gasteiger partial charge in [-0.05, 0) is 12.1 Å². The maximum absolute atomic E-state index is 11.1. The van der Waals surface area contributed by atoms with Gasteiger partial charge in [-0.15, -0.1) is 0 Å². The van der Waals surface area contributed by atoms with E-state index >= 15 is 0 Å². The molecule has 0 radical (unpaired) electrons. The minimum absolute atomic E-state index is 0.0673. The Morgan fingerprint density at radius 2 is 2.38 bits per heavy atom. The van der Waals surface area contributed by atoms with Gasteiger partial charge in [0.2, 0.25) is 0 Å². The topological polar surface area (TPSA) is 34.4 Å². The molecule has 4 heteroatoms. The van der Waals surface area contributed by atoms with E-state index in [0.29, 0.717) is 10.8 Å². The summed E-state index contributed by atoms with van der Waals surface area (Å²) in [6, 6.07) is 3.55. The van der Waals surface area contributed by atoms with E-state index in [9.17, 15) is 4.79 Å². The number of imidazole rings is 1. The summed E-state index contributed by atoms with van der Waals surface area (Å²) in [5.41, 5.74) is 0.759. The van der Waals surface area contributed by atoms with Gasteiger partial charge >= 0.3 is 0 Å². The standard InChI is InChI=1S/C9H7ClN2O/c1-6(13)9-11-5-8-7(10)3-2-4-12(8)9/h2-5H,1H3. The van der Waals surface area contributed by atoms with Gasteiger partial charge in [-0.3, -0.25) is 9.20 Å². The molecule has 0 atom stereocenters. The van der Waals surface area contributed by atoms with Crippen molar-refractivity contribution in [1.82, 2.24) is 9.38 Å². The molecule has 0 aromatic carbocycles. The number of hydrogen-bond donors (Lipinski definition) is 0. The first kappa shape index (κ1) is 8.26. The first-order valence-electron chi connectivity index (χ1n) is 3.82. The number of Topliss-reactive ketones (excluding diaryl/α,β-unsaturated/α-hetero) is 1. The van der Waals surface area contributed by atoms with Crippen LogP contribution in [-0.2, 0) is 0 Å². The largest absolute Gasteiger partial charge is 0.296 e. The smallest absolute Gasteiger partial charge is 0.195 e. The van der Waals surface area contributed by atoms with Gasteiger partial charge in [-0.2, -0.15) is 0 Å². The van der Waals surface area contributed by atoms with E-state index < -0.39 is 0 Å². The van der Waals surface area contributed by atoms with Gasteiger partial charge in [0.05, 0.1) is 16.7 Å². The molecule has 0 amide bonds. The molecule has 66 valence electrons. The molecule has 0 aliphatic heterocycles. The second kappa shape index (κ2) is 2.85. The van der Waals surface area contributed by atoms with E-state index in [1.54, 1.807) is 28.9 Å². The summed E-state index contributed by atoms with van der Waals surface area (Å²) >= 11 is 5.90. The zero-order valence-corrected chi connectivity index (χ0v) is 7.75. The monoisotopic (exact) mass is 194 g/mol. The van der Waals surface area contributed by atoms with Gasteiger partial charge in [0.1, 0.15) is 0 Å². The first-order chi connectivity index (χ1) is 6.20. The Balaban J connectivity index is 2.83. The van der Waals surface area contributed by atoms with Crippen LogP contribution in [0.4, 0.5) is 0 Å². The lowest BCUT2D eigenvalue weighted by molar-refractivity contribution is 0.100. The highest BCUT2D eigenvalue weighted by Gasteiger charge is 2.08. The summed E-state index contributed by atoms with van der Waals surface area (Å²) in [4.78, 5) is 15.1. The third-order valence-corrected chi connectivity index (χ3v) is 2.15. The number of pyridine rings is 1. The van der Waals surface area contributed by atoms with Gasteiger partial charge in [0, 0.05) is 13.1 Å².